The molecule has 0 saturated carbocycles. The van der Waals surface area contributed by atoms with Crippen LogP contribution in [0.3, 0.4) is 0 Å². The number of halogens is 1. The molecule has 15 heavy (non-hydrogen) atoms. The van der Waals surface area contributed by atoms with Gasteiger partial charge in [0.15, 0.2) is 0 Å². The van der Waals surface area contributed by atoms with E-state index in [0.717, 1.165) is 5.03 Å². The third kappa shape index (κ3) is 4.85. The molecule has 0 aromatic heterocycles. The van der Waals surface area contributed by atoms with Gasteiger partial charge in [-0.1, -0.05) is 37.6 Å². The Labute approximate surface area is 99.6 Å². The van der Waals surface area contributed by atoms with Gasteiger partial charge in [0.05, 0.1) is 0 Å². The van der Waals surface area contributed by atoms with Crippen LogP contribution in [0.2, 0.25) is 0 Å². The Hall–Kier alpha value is -0.270. The smallest absolute Gasteiger partial charge is 0.0407 e. The van der Waals surface area contributed by atoms with Crippen molar-refractivity contribution in [1.29, 1.82) is 0 Å². The van der Waals surface area contributed by atoms with Crippen LogP contribution >= 0.6 is 11.6 Å². The van der Waals surface area contributed by atoms with E-state index in [1.165, 1.54) is 5.57 Å². The van der Waals surface area contributed by atoms with E-state index in [9.17, 15) is 0 Å². The topological polar surface area (TPSA) is 12.0 Å². The monoisotopic (exact) mass is 229 g/mol. The zero-order valence-electron chi connectivity index (χ0n) is 10.8. The van der Waals surface area contributed by atoms with Gasteiger partial charge in [0.25, 0.3) is 0 Å². The van der Waals surface area contributed by atoms with E-state index < -0.39 is 0 Å². The second kappa shape index (κ2) is 7.08. The summed E-state index contributed by atoms with van der Waals surface area (Å²) in [5.41, 5.74) is 1.17. The van der Waals surface area contributed by atoms with Crippen LogP contribution in [0.5, 0.6) is 0 Å². The van der Waals surface area contributed by atoms with E-state index in [2.05, 4.69) is 39.1 Å². The van der Waals surface area contributed by atoms with Crippen LogP contribution in [0.25, 0.3) is 0 Å². The highest BCUT2D eigenvalue weighted by atomic mass is 35.5. The Morgan fingerprint density at radius 3 is 1.93 bits per heavy atom. The Balaban J connectivity index is 4.49. The van der Waals surface area contributed by atoms with Crippen molar-refractivity contribution >= 4 is 11.6 Å². The average Bonchev–Trinajstić information content (AvgIpc) is 2.18. The number of rotatable bonds is 5. The Morgan fingerprint density at radius 2 is 1.60 bits per heavy atom. The van der Waals surface area contributed by atoms with Crippen molar-refractivity contribution in [3.05, 3.63) is 22.8 Å². The van der Waals surface area contributed by atoms with Gasteiger partial charge in [-0.3, -0.25) is 0 Å². The number of nitrogens with one attached hydrogen (secondary N) is 1. The van der Waals surface area contributed by atoms with Crippen molar-refractivity contribution in [2.24, 2.45) is 5.92 Å². The SMILES string of the molecule is C/C=C(Cl)\C(=C\C)C(C)N[C@@H](C)C(C)C. The highest BCUT2D eigenvalue weighted by Crippen LogP contribution is 2.19. The second-order valence-electron chi connectivity index (χ2n) is 4.30. The summed E-state index contributed by atoms with van der Waals surface area (Å²) >= 11 is 6.14. The summed E-state index contributed by atoms with van der Waals surface area (Å²) in [4.78, 5) is 0. The lowest BCUT2D eigenvalue weighted by Crippen LogP contribution is -2.38. The molecule has 0 heterocycles. The van der Waals surface area contributed by atoms with Crippen LogP contribution in [0, 0.1) is 5.92 Å². The molecule has 0 amide bonds. The van der Waals surface area contributed by atoms with Crippen LogP contribution in [0.1, 0.15) is 41.5 Å². The molecule has 0 aromatic rings. The van der Waals surface area contributed by atoms with Gasteiger partial charge in [-0.2, -0.15) is 0 Å². The molecule has 2 atom stereocenters. The van der Waals surface area contributed by atoms with Crippen LogP contribution in [0.15, 0.2) is 22.8 Å². The second-order valence-corrected chi connectivity index (χ2v) is 4.71. The van der Waals surface area contributed by atoms with Crippen LogP contribution < -0.4 is 5.32 Å². The van der Waals surface area contributed by atoms with Gasteiger partial charge in [0, 0.05) is 17.1 Å². The standard InChI is InChI=1S/C13H24ClN/c1-7-12(13(14)8-2)11(6)15-10(5)9(3)4/h7-11,15H,1-6H3/b12-7+,13-8+/t10-,11?/m0/s1. The van der Waals surface area contributed by atoms with E-state index in [0.29, 0.717) is 18.0 Å². The zero-order chi connectivity index (χ0) is 12.0. The van der Waals surface area contributed by atoms with Crippen molar-refractivity contribution in [2.45, 2.75) is 53.6 Å². The van der Waals surface area contributed by atoms with E-state index >= 15 is 0 Å². The number of hydrogen-bond acceptors (Lipinski definition) is 1. The van der Waals surface area contributed by atoms with Gasteiger partial charge in [-0.05, 0) is 39.2 Å². The van der Waals surface area contributed by atoms with E-state index in [1.54, 1.807) is 0 Å². The summed E-state index contributed by atoms with van der Waals surface area (Å²) in [6.45, 7) is 12.8. The summed E-state index contributed by atoms with van der Waals surface area (Å²) in [5.74, 6) is 0.634. The normalized spacial score (nSPS) is 18.1. The molecule has 1 unspecified atom stereocenters. The molecule has 0 aliphatic rings. The summed E-state index contributed by atoms with van der Waals surface area (Å²) in [7, 11) is 0. The Bertz CT molecular complexity index is 241. The van der Waals surface area contributed by atoms with Crippen LogP contribution in [-0.4, -0.2) is 12.1 Å². The highest BCUT2D eigenvalue weighted by molar-refractivity contribution is 6.32. The molecular weight excluding hydrogens is 206 g/mol. The quantitative estimate of drug-likeness (QED) is 0.700. The van der Waals surface area contributed by atoms with Gasteiger partial charge in [-0.25, -0.2) is 0 Å². The predicted molar refractivity (Wildman–Crippen MR) is 70.3 cm³/mol. The lowest BCUT2D eigenvalue weighted by Gasteiger charge is -2.24. The largest absolute Gasteiger partial charge is 0.307 e. The first kappa shape index (κ1) is 14.7. The number of hydrogen-bond donors (Lipinski definition) is 1. The van der Waals surface area contributed by atoms with Gasteiger partial charge in [0.2, 0.25) is 0 Å². The van der Waals surface area contributed by atoms with Crippen LogP contribution in [-0.2, 0) is 0 Å². The van der Waals surface area contributed by atoms with Crippen molar-refractivity contribution in [3.8, 4) is 0 Å². The minimum absolute atomic E-state index is 0.302. The molecule has 1 nitrogen and oxygen atoms in total. The molecule has 0 fully saturated rings. The zero-order valence-corrected chi connectivity index (χ0v) is 11.5. The lowest BCUT2D eigenvalue weighted by atomic mass is 10.0. The maximum absolute atomic E-state index is 6.14. The summed E-state index contributed by atoms with van der Waals surface area (Å²) in [6, 6.07) is 0.798. The van der Waals surface area contributed by atoms with Crippen LogP contribution in [0.4, 0.5) is 0 Å². The maximum Gasteiger partial charge on any atom is 0.0407 e. The molecule has 0 saturated heterocycles. The van der Waals surface area contributed by atoms with Gasteiger partial charge in [0.1, 0.15) is 0 Å². The fourth-order valence-electron chi connectivity index (χ4n) is 1.44. The van der Waals surface area contributed by atoms with Gasteiger partial charge < -0.3 is 5.32 Å². The molecule has 0 aliphatic carbocycles. The fourth-order valence-corrected chi connectivity index (χ4v) is 1.71. The minimum atomic E-state index is 0.302. The maximum atomic E-state index is 6.14. The molecule has 0 aliphatic heterocycles. The third-order valence-corrected chi connectivity index (χ3v) is 3.26. The summed E-state index contributed by atoms with van der Waals surface area (Å²) < 4.78 is 0. The average molecular weight is 230 g/mol. The van der Waals surface area contributed by atoms with E-state index in [4.69, 9.17) is 11.6 Å². The van der Waals surface area contributed by atoms with Crippen molar-refractivity contribution < 1.29 is 0 Å². The van der Waals surface area contributed by atoms with E-state index in [-0.39, 0.29) is 0 Å². The molecular formula is C13H24ClN. The highest BCUT2D eigenvalue weighted by Gasteiger charge is 2.15. The molecule has 0 radical (unpaired) electrons. The van der Waals surface area contributed by atoms with Crippen molar-refractivity contribution in [2.75, 3.05) is 0 Å². The predicted octanol–water partition coefficient (Wildman–Crippen LogP) is 4.10. The number of allylic oxidation sites excluding steroid dienone is 2. The first-order valence-electron chi connectivity index (χ1n) is 5.68. The molecule has 0 bridgehead atoms. The summed E-state index contributed by atoms with van der Waals surface area (Å²) in [6.07, 6.45) is 4.02. The van der Waals surface area contributed by atoms with Crippen molar-refractivity contribution in [1.82, 2.24) is 5.32 Å². The first-order chi connectivity index (χ1) is 6.93. The summed E-state index contributed by atoms with van der Waals surface area (Å²) in [5, 5.41) is 4.39. The molecule has 1 N–H and O–H groups in total. The molecule has 88 valence electrons. The molecule has 0 spiro atoms. The van der Waals surface area contributed by atoms with Crippen molar-refractivity contribution in [3.63, 3.8) is 0 Å². The molecule has 2 heteroatoms. The molecule has 0 aromatic carbocycles. The molecule has 0 rings (SSSR count). The minimum Gasteiger partial charge on any atom is -0.307 e. The van der Waals surface area contributed by atoms with Gasteiger partial charge >= 0.3 is 0 Å². The first-order valence-corrected chi connectivity index (χ1v) is 6.06. The Kier molecular flexibility index (Phi) is 6.95. The third-order valence-electron chi connectivity index (χ3n) is 2.82. The van der Waals surface area contributed by atoms with Gasteiger partial charge in [-0.15, -0.1) is 0 Å². The van der Waals surface area contributed by atoms with E-state index in [1.807, 2.05) is 19.9 Å². The fraction of sp³-hybridized carbons (Fsp3) is 0.692. The lowest BCUT2D eigenvalue weighted by molar-refractivity contribution is 0.405. The Morgan fingerprint density at radius 1 is 1.07 bits per heavy atom.